The van der Waals surface area contributed by atoms with Gasteiger partial charge < -0.3 is 15.5 Å². The molecule has 0 aliphatic carbocycles. The highest BCUT2D eigenvalue weighted by Gasteiger charge is 2.26. The van der Waals surface area contributed by atoms with Crippen LogP contribution in [0.3, 0.4) is 0 Å². The van der Waals surface area contributed by atoms with Gasteiger partial charge in [0.15, 0.2) is 5.03 Å². The van der Waals surface area contributed by atoms with E-state index in [1.165, 1.54) is 10.5 Å². The molecule has 1 aromatic rings. The van der Waals surface area contributed by atoms with Crippen LogP contribution in [0.2, 0.25) is 0 Å². The van der Waals surface area contributed by atoms with Gasteiger partial charge in [0.1, 0.15) is 11.7 Å². The van der Waals surface area contributed by atoms with Gasteiger partial charge in [-0.25, -0.2) is 13.4 Å². The Bertz CT molecular complexity index is 579. The molecule has 1 aromatic heterocycles. The van der Waals surface area contributed by atoms with Crippen LogP contribution in [0, 0.1) is 6.92 Å². The molecule has 0 radical (unpaired) electrons. The van der Waals surface area contributed by atoms with Crippen LogP contribution in [0.15, 0.2) is 16.4 Å². The Hall–Kier alpha value is -1.61. The molecule has 0 amide bonds. The molecule has 1 heterocycles. The first-order valence-electron chi connectivity index (χ1n) is 6.37. The molecule has 0 spiro atoms. The highest BCUT2D eigenvalue weighted by atomic mass is 32.2. The molecule has 3 N–H and O–H groups in total. The van der Waals surface area contributed by atoms with Crippen LogP contribution in [0.1, 0.15) is 26.1 Å². The third-order valence-electron chi connectivity index (χ3n) is 3.00. The van der Waals surface area contributed by atoms with Crippen LogP contribution in [-0.4, -0.2) is 46.4 Å². The average Bonchev–Trinajstić information content (AvgIpc) is 2.80. The maximum Gasteiger partial charge on any atom is 0.262 e. The van der Waals surface area contributed by atoms with Gasteiger partial charge in [-0.3, -0.25) is 0 Å². The van der Waals surface area contributed by atoms with Gasteiger partial charge in [-0.15, -0.1) is 0 Å². The first-order chi connectivity index (χ1) is 9.36. The molecule has 1 rings (SSSR count). The molecule has 0 saturated heterocycles. The van der Waals surface area contributed by atoms with E-state index in [-0.39, 0.29) is 23.8 Å². The molecule has 20 heavy (non-hydrogen) atoms. The van der Waals surface area contributed by atoms with E-state index in [4.69, 9.17) is 10.9 Å². The SMILES string of the molecule is CCN(CCC(N)=NO)S(=O)(=O)c1cn(CC)c(C)n1. The molecule has 114 valence electrons. The highest BCUT2D eigenvalue weighted by molar-refractivity contribution is 7.89. The van der Waals surface area contributed by atoms with E-state index in [0.29, 0.717) is 18.9 Å². The largest absolute Gasteiger partial charge is 0.409 e. The van der Waals surface area contributed by atoms with Gasteiger partial charge in [0.2, 0.25) is 0 Å². The van der Waals surface area contributed by atoms with Gasteiger partial charge in [-0.1, -0.05) is 12.1 Å². The van der Waals surface area contributed by atoms with Crippen molar-refractivity contribution in [2.75, 3.05) is 13.1 Å². The highest BCUT2D eigenvalue weighted by Crippen LogP contribution is 2.15. The first kappa shape index (κ1) is 16.4. The number of amidine groups is 1. The lowest BCUT2D eigenvalue weighted by Crippen LogP contribution is -2.34. The zero-order valence-electron chi connectivity index (χ0n) is 11.9. The number of aromatic nitrogens is 2. The zero-order chi connectivity index (χ0) is 15.3. The number of aryl methyl sites for hydroxylation is 2. The van der Waals surface area contributed by atoms with Crippen LogP contribution < -0.4 is 5.73 Å². The van der Waals surface area contributed by atoms with Gasteiger partial charge >= 0.3 is 0 Å². The summed E-state index contributed by atoms with van der Waals surface area (Å²) in [5, 5.41) is 11.4. The average molecular weight is 303 g/mol. The van der Waals surface area contributed by atoms with Crippen LogP contribution in [0.4, 0.5) is 0 Å². The van der Waals surface area contributed by atoms with Gasteiger partial charge in [-0.2, -0.15) is 4.31 Å². The summed E-state index contributed by atoms with van der Waals surface area (Å²) < 4.78 is 27.9. The number of imidazole rings is 1. The van der Waals surface area contributed by atoms with Crippen LogP contribution in [0.25, 0.3) is 0 Å². The van der Waals surface area contributed by atoms with Gasteiger partial charge in [0.05, 0.1) is 0 Å². The molecule has 0 saturated carbocycles. The molecule has 0 atom stereocenters. The van der Waals surface area contributed by atoms with Crippen molar-refractivity contribution in [3.63, 3.8) is 0 Å². The minimum atomic E-state index is -3.66. The number of hydrogen-bond donors (Lipinski definition) is 2. The fourth-order valence-electron chi connectivity index (χ4n) is 1.79. The Morgan fingerprint density at radius 1 is 1.55 bits per heavy atom. The van der Waals surface area contributed by atoms with Crippen molar-refractivity contribution in [2.45, 2.75) is 38.8 Å². The van der Waals surface area contributed by atoms with Crippen LogP contribution in [0.5, 0.6) is 0 Å². The standard InChI is InChI=1S/C11H21N5O3S/c1-4-15-8-11(13-9(15)3)20(18,19)16(5-2)7-6-10(12)14-17/h8,17H,4-7H2,1-3H3,(H2,12,14). The maximum absolute atomic E-state index is 12.5. The third-order valence-corrected chi connectivity index (χ3v) is 4.84. The smallest absolute Gasteiger partial charge is 0.262 e. The normalized spacial score (nSPS) is 13.1. The fourth-order valence-corrected chi connectivity index (χ4v) is 3.24. The lowest BCUT2D eigenvalue weighted by Gasteiger charge is -2.18. The zero-order valence-corrected chi connectivity index (χ0v) is 12.8. The van der Waals surface area contributed by atoms with E-state index in [9.17, 15) is 8.42 Å². The second kappa shape index (κ2) is 6.71. The summed E-state index contributed by atoms with van der Waals surface area (Å²) in [7, 11) is -3.66. The predicted octanol–water partition coefficient (Wildman–Crippen LogP) is 0.359. The Morgan fingerprint density at radius 3 is 2.65 bits per heavy atom. The molecule has 8 nitrogen and oxygen atoms in total. The monoisotopic (exact) mass is 303 g/mol. The van der Waals surface area contributed by atoms with Gasteiger partial charge in [0, 0.05) is 32.3 Å². The topological polar surface area (TPSA) is 114 Å². The molecule has 0 bridgehead atoms. The third kappa shape index (κ3) is 3.48. The number of rotatable bonds is 7. The predicted molar refractivity (Wildman–Crippen MR) is 75.1 cm³/mol. The van der Waals surface area contributed by atoms with E-state index in [2.05, 4.69) is 10.1 Å². The Morgan fingerprint density at radius 2 is 2.20 bits per heavy atom. The molecule has 0 unspecified atom stereocenters. The van der Waals surface area contributed by atoms with Crippen molar-refractivity contribution < 1.29 is 13.6 Å². The van der Waals surface area contributed by atoms with E-state index < -0.39 is 10.0 Å². The van der Waals surface area contributed by atoms with Crippen molar-refractivity contribution in [3.05, 3.63) is 12.0 Å². The Balaban J connectivity index is 2.99. The van der Waals surface area contributed by atoms with E-state index in [0.717, 1.165) is 0 Å². The maximum atomic E-state index is 12.5. The van der Waals surface area contributed by atoms with Crippen LogP contribution >= 0.6 is 0 Å². The molecule has 0 fully saturated rings. The molecular weight excluding hydrogens is 282 g/mol. The summed E-state index contributed by atoms with van der Waals surface area (Å²) in [6.07, 6.45) is 1.69. The van der Waals surface area contributed by atoms with Gasteiger partial charge in [0.25, 0.3) is 10.0 Å². The van der Waals surface area contributed by atoms with E-state index in [1.807, 2.05) is 6.92 Å². The van der Waals surface area contributed by atoms with Crippen molar-refractivity contribution in [1.82, 2.24) is 13.9 Å². The molecule has 9 heteroatoms. The van der Waals surface area contributed by atoms with Crippen molar-refractivity contribution in [1.29, 1.82) is 0 Å². The fraction of sp³-hybridized carbons (Fsp3) is 0.636. The number of oxime groups is 1. The molecule has 0 aromatic carbocycles. The van der Waals surface area contributed by atoms with Crippen molar-refractivity contribution in [3.8, 4) is 0 Å². The van der Waals surface area contributed by atoms with Crippen molar-refractivity contribution >= 4 is 15.9 Å². The number of sulfonamides is 1. The lowest BCUT2D eigenvalue weighted by atomic mass is 10.4. The first-order valence-corrected chi connectivity index (χ1v) is 7.81. The minimum Gasteiger partial charge on any atom is -0.409 e. The Kier molecular flexibility index (Phi) is 5.52. The Labute approximate surface area is 118 Å². The second-order valence-corrected chi connectivity index (χ2v) is 6.14. The molecule has 0 aliphatic heterocycles. The van der Waals surface area contributed by atoms with Crippen LogP contribution in [-0.2, 0) is 16.6 Å². The number of hydrogen-bond acceptors (Lipinski definition) is 5. The second-order valence-electron chi connectivity index (χ2n) is 4.25. The lowest BCUT2D eigenvalue weighted by molar-refractivity contribution is 0.315. The van der Waals surface area contributed by atoms with E-state index in [1.54, 1.807) is 18.4 Å². The van der Waals surface area contributed by atoms with Crippen molar-refractivity contribution in [2.24, 2.45) is 10.9 Å². The summed E-state index contributed by atoms with van der Waals surface area (Å²) in [5.41, 5.74) is 5.37. The molecule has 0 aliphatic rings. The van der Waals surface area contributed by atoms with Gasteiger partial charge in [-0.05, 0) is 13.8 Å². The molecular formula is C11H21N5O3S. The summed E-state index contributed by atoms with van der Waals surface area (Å²) in [6, 6.07) is 0. The minimum absolute atomic E-state index is 0.00563. The van der Waals surface area contributed by atoms with E-state index >= 15 is 0 Å². The summed E-state index contributed by atoms with van der Waals surface area (Å²) in [5.74, 6) is 0.646. The summed E-state index contributed by atoms with van der Waals surface area (Å²) in [4.78, 5) is 4.09. The number of nitrogens with zero attached hydrogens (tertiary/aromatic N) is 4. The number of nitrogens with two attached hydrogens (primary N) is 1. The summed E-state index contributed by atoms with van der Waals surface area (Å²) in [6.45, 7) is 6.50. The summed E-state index contributed by atoms with van der Waals surface area (Å²) >= 11 is 0. The quantitative estimate of drug-likeness (QED) is 0.327.